The number of hydrogen-bond donors (Lipinski definition) is 2. The minimum atomic E-state index is -0.484. The Morgan fingerprint density at radius 2 is 2.23 bits per heavy atom. The number of aromatic amines is 2. The van der Waals surface area contributed by atoms with Crippen molar-refractivity contribution < 1.29 is 0 Å². The second-order valence-electron chi connectivity index (χ2n) is 2.41. The molecule has 0 atom stereocenters. The van der Waals surface area contributed by atoms with Crippen LogP contribution in [-0.4, -0.2) is 15.3 Å². The highest BCUT2D eigenvalue weighted by molar-refractivity contribution is 9.09. The van der Waals surface area contributed by atoms with Crippen LogP contribution in [0, 0.1) is 0 Å². The molecule has 0 aromatic carbocycles. The Bertz CT molecular complexity index is 405. The van der Waals surface area contributed by atoms with Crippen molar-refractivity contribution in [3.05, 3.63) is 38.7 Å². The molecule has 1 aromatic rings. The summed E-state index contributed by atoms with van der Waals surface area (Å²) >= 11 is 3.26. The third kappa shape index (κ3) is 3.02. The number of rotatable bonds is 3. The topological polar surface area (TPSA) is 65.7 Å². The Morgan fingerprint density at radius 3 is 2.85 bits per heavy atom. The molecule has 13 heavy (non-hydrogen) atoms. The van der Waals surface area contributed by atoms with Crippen LogP contribution in [0.5, 0.6) is 0 Å². The second kappa shape index (κ2) is 4.81. The van der Waals surface area contributed by atoms with Crippen LogP contribution in [0.15, 0.2) is 21.9 Å². The number of aromatic nitrogens is 2. The van der Waals surface area contributed by atoms with Crippen molar-refractivity contribution in [1.82, 2.24) is 9.97 Å². The molecule has 1 heterocycles. The maximum Gasteiger partial charge on any atom is 0.325 e. The molecule has 0 saturated carbocycles. The Morgan fingerprint density at radius 1 is 1.46 bits per heavy atom. The number of allylic oxidation sites excluding steroid dienone is 1. The lowest BCUT2D eigenvalue weighted by atomic mass is 10.3. The normalized spacial score (nSPS) is 10.8. The van der Waals surface area contributed by atoms with Crippen LogP contribution < -0.4 is 11.2 Å². The third-order valence-electron chi connectivity index (χ3n) is 1.42. The highest BCUT2D eigenvalue weighted by atomic mass is 79.9. The fourth-order valence-corrected chi connectivity index (χ4v) is 1.08. The zero-order valence-electron chi connectivity index (χ0n) is 6.84. The average Bonchev–Trinajstić information content (AvgIpc) is 2.09. The zero-order valence-corrected chi connectivity index (χ0v) is 8.43. The quantitative estimate of drug-likeness (QED) is 0.775. The fourth-order valence-electron chi connectivity index (χ4n) is 0.817. The van der Waals surface area contributed by atoms with E-state index in [0.29, 0.717) is 5.56 Å². The molecule has 0 bridgehead atoms. The first-order chi connectivity index (χ1) is 6.24. The van der Waals surface area contributed by atoms with Crippen molar-refractivity contribution >= 4 is 22.0 Å². The number of hydrogen-bond acceptors (Lipinski definition) is 2. The van der Waals surface area contributed by atoms with Gasteiger partial charge in [0.1, 0.15) is 0 Å². The summed E-state index contributed by atoms with van der Waals surface area (Å²) in [4.78, 5) is 26.3. The van der Waals surface area contributed by atoms with Gasteiger partial charge in [0.2, 0.25) is 0 Å². The van der Waals surface area contributed by atoms with E-state index < -0.39 is 5.69 Å². The Kier molecular flexibility index (Phi) is 3.70. The van der Waals surface area contributed by atoms with Gasteiger partial charge in [-0.25, -0.2) is 4.79 Å². The largest absolute Gasteiger partial charge is 0.325 e. The molecule has 0 fully saturated rings. The van der Waals surface area contributed by atoms with Crippen LogP contribution >= 0.6 is 15.9 Å². The Labute approximate surface area is 82.8 Å². The molecule has 0 amide bonds. The van der Waals surface area contributed by atoms with Crippen molar-refractivity contribution in [2.24, 2.45) is 0 Å². The van der Waals surface area contributed by atoms with Gasteiger partial charge in [-0.2, -0.15) is 0 Å². The van der Waals surface area contributed by atoms with Gasteiger partial charge in [0.15, 0.2) is 0 Å². The summed E-state index contributed by atoms with van der Waals surface area (Å²) in [6.45, 7) is 0. The third-order valence-corrected chi connectivity index (χ3v) is 1.88. The standard InChI is InChI=1S/C8H9BrN2O2/c9-4-2-1-3-6-5-10-8(13)11-7(6)12/h1,3,5H,2,4H2,(H2,10,11,12,13). The van der Waals surface area contributed by atoms with Gasteiger partial charge in [-0.05, 0) is 6.42 Å². The lowest BCUT2D eigenvalue weighted by molar-refractivity contribution is 1.03. The van der Waals surface area contributed by atoms with Gasteiger partial charge >= 0.3 is 5.69 Å². The Hall–Kier alpha value is -1.10. The summed E-state index contributed by atoms with van der Waals surface area (Å²) in [5.74, 6) is 0. The molecule has 1 aromatic heterocycles. The molecule has 0 aliphatic carbocycles. The van der Waals surface area contributed by atoms with Gasteiger partial charge in [0.25, 0.3) is 5.56 Å². The SMILES string of the molecule is O=c1[nH]cc(C=CCCBr)c(=O)[nH]1. The number of H-pyrrole nitrogens is 2. The predicted octanol–water partition coefficient (Wildman–Crippen LogP) is 0.861. The van der Waals surface area contributed by atoms with Crippen molar-refractivity contribution in [3.8, 4) is 0 Å². The van der Waals surface area contributed by atoms with E-state index in [2.05, 4.69) is 25.9 Å². The molecule has 1 rings (SSSR count). The number of halogens is 1. The van der Waals surface area contributed by atoms with Crippen LogP contribution in [0.3, 0.4) is 0 Å². The molecule has 70 valence electrons. The van der Waals surface area contributed by atoms with Gasteiger partial charge < -0.3 is 4.98 Å². The van der Waals surface area contributed by atoms with Crippen molar-refractivity contribution in [3.63, 3.8) is 0 Å². The van der Waals surface area contributed by atoms with E-state index in [1.54, 1.807) is 6.08 Å². The zero-order chi connectivity index (χ0) is 9.68. The molecule has 2 N–H and O–H groups in total. The highest BCUT2D eigenvalue weighted by Crippen LogP contribution is 1.94. The lowest BCUT2D eigenvalue weighted by Crippen LogP contribution is -2.22. The average molecular weight is 245 g/mol. The molecule has 0 unspecified atom stereocenters. The molecule has 0 aliphatic heterocycles. The molecule has 5 heteroatoms. The number of nitrogens with one attached hydrogen (secondary N) is 2. The van der Waals surface area contributed by atoms with Crippen LogP contribution in [0.1, 0.15) is 12.0 Å². The first kappa shape index (κ1) is 9.98. The van der Waals surface area contributed by atoms with E-state index in [0.717, 1.165) is 11.8 Å². The summed E-state index contributed by atoms with van der Waals surface area (Å²) in [7, 11) is 0. The van der Waals surface area contributed by atoms with Crippen LogP contribution in [0.2, 0.25) is 0 Å². The monoisotopic (exact) mass is 244 g/mol. The molecule has 0 aliphatic rings. The molecule has 4 nitrogen and oxygen atoms in total. The van der Waals surface area contributed by atoms with Gasteiger partial charge in [0, 0.05) is 11.5 Å². The minimum Gasteiger partial charge on any atom is -0.314 e. The fraction of sp³-hybridized carbons (Fsp3) is 0.250. The first-order valence-electron chi connectivity index (χ1n) is 3.78. The maximum absolute atomic E-state index is 11.1. The smallest absolute Gasteiger partial charge is 0.314 e. The van der Waals surface area contributed by atoms with Gasteiger partial charge in [-0.1, -0.05) is 28.1 Å². The van der Waals surface area contributed by atoms with Crippen LogP contribution in [0.4, 0.5) is 0 Å². The molecular formula is C8H9BrN2O2. The first-order valence-corrected chi connectivity index (χ1v) is 4.90. The van der Waals surface area contributed by atoms with Crippen molar-refractivity contribution in [1.29, 1.82) is 0 Å². The van der Waals surface area contributed by atoms with E-state index in [1.165, 1.54) is 6.20 Å². The minimum absolute atomic E-state index is 0.366. The predicted molar refractivity (Wildman–Crippen MR) is 55.1 cm³/mol. The van der Waals surface area contributed by atoms with E-state index in [9.17, 15) is 9.59 Å². The van der Waals surface area contributed by atoms with E-state index in [4.69, 9.17) is 0 Å². The van der Waals surface area contributed by atoms with E-state index in [-0.39, 0.29) is 5.56 Å². The summed E-state index contributed by atoms with van der Waals surface area (Å²) in [5, 5.41) is 0.852. The molecular weight excluding hydrogens is 236 g/mol. The van der Waals surface area contributed by atoms with Gasteiger partial charge in [-0.3, -0.25) is 9.78 Å². The summed E-state index contributed by atoms with van der Waals surface area (Å²) in [6.07, 6.45) is 5.78. The van der Waals surface area contributed by atoms with E-state index >= 15 is 0 Å². The summed E-state index contributed by atoms with van der Waals surface area (Å²) in [5.41, 5.74) is -0.391. The van der Waals surface area contributed by atoms with Crippen LogP contribution in [0.25, 0.3) is 6.08 Å². The maximum atomic E-state index is 11.1. The highest BCUT2D eigenvalue weighted by Gasteiger charge is 1.93. The number of alkyl halides is 1. The van der Waals surface area contributed by atoms with Gasteiger partial charge in [-0.15, -0.1) is 0 Å². The molecule has 0 saturated heterocycles. The van der Waals surface area contributed by atoms with E-state index in [1.807, 2.05) is 6.08 Å². The van der Waals surface area contributed by atoms with Crippen molar-refractivity contribution in [2.45, 2.75) is 6.42 Å². The van der Waals surface area contributed by atoms with Gasteiger partial charge in [0.05, 0.1) is 5.56 Å². The molecule has 0 radical (unpaired) electrons. The summed E-state index contributed by atoms with van der Waals surface area (Å²) < 4.78 is 0. The lowest BCUT2D eigenvalue weighted by Gasteiger charge is -1.89. The summed E-state index contributed by atoms with van der Waals surface area (Å²) in [6, 6.07) is 0. The van der Waals surface area contributed by atoms with Crippen molar-refractivity contribution in [2.75, 3.05) is 5.33 Å². The van der Waals surface area contributed by atoms with Crippen LogP contribution in [-0.2, 0) is 0 Å². The Balaban J connectivity index is 2.90. The molecule has 0 spiro atoms. The second-order valence-corrected chi connectivity index (χ2v) is 3.20.